The Bertz CT molecular complexity index is 2080. The van der Waals surface area contributed by atoms with Crippen LogP contribution in [0.25, 0.3) is 6.08 Å². The molecule has 0 N–H and O–H groups in total. The molecule has 0 radical (unpaired) electrons. The van der Waals surface area contributed by atoms with Crippen LogP contribution in [0.3, 0.4) is 0 Å². The van der Waals surface area contributed by atoms with Crippen molar-refractivity contribution in [2.24, 2.45) is 17.8 Å². The van der Waals surface area contributed by atoms with Crippen LogP contribution >= 0.6 is 0 Å². The van der Waals surface area contributed by atoms with E-state index in [1.54, 1.807) is 13.0 Å². The van der Waals surface area contributed by atoms with Crippen LogP contribution in [0, 0.1) is 17.8 Å². The lowest BCUT2D eigenvalue weighted by molar-refractivity contribution is -0.216. The van der Waals surface area contributed by atoms with Gasteiger partial charge in [-0.25, -0.2) is 4.79 Å². The fourth-order valence-corrected chi connectivity index (χ4v) is 11.7. The number of carbonyl (C=O) groups excluding carboxylic acids is 3. The largest absolute Gasteiger partial charge is 0.491 e. The van der Waals surface area contributed by atoms with Gasteiger partial charge in [0, 0.05) is 81.2 Å². The maximum Gasteiger partial charge on any atom is 0.333 e. The summed E-state index contributed by atoms with van der Waals surface area (Å²) in [7, 11) is 3.50. The molecule has 7 unspecified atom stereocenters. The molecule has 1 aromatic carbocycles. The van der Waals surface area contributed by atoms with Crippen molar-refractivity contribution in [3.05, 3.63) is 57.7 Å². The number of carbonyl (C=O) groups is 3. The molecule has 338 valence electrons. The summed E-state index contributed by atoms with van der Waals surface area (Å²) < 4.78 is 40.2. The zero-order valence-corrected chi connectivity index (χ0v) is 38.8. The molecule has 62 heavy (non-hydrogen) atoms. The first-order chi connectivity index (χ1) is 29.5. The van der Waals surface area contributed by atoms with Crippen molar-refractivity contribution in [1.29, 1.82) is 0 Å². The minimum absolute atomic E-state index is 0.0580. The van der Waals surface area contributed by atoms with Crippen LogP contribution in [0.5, 0.6) is 17.2 Å². The summed E-state index contributed by atoms with van der Waals surface area (Å²) in [5.41, 5.74) is 0.189. The highest BCUT2D eigenvalue weighted by molar-refractivity contribution is 6.10. The molecule has 3 saturated carbocycles. The molecule has 8 aliphatic rings. The molecule has 0 aromatic heterocycles. The molecule has 4 bridgehead atoms. The summed E-state index contributed by atoms with van der Waals surface area (Å²) in [6.07, 6.45) is 12.9. The first kappa shape index (κ1) is 44.8. The molecular weight excluding hydrogens is 787 g/mol. The van der Waals surface area contributed by atoms with E-state index in [0.29, 0.717) is 80.7 Å². The summed E-state index contributed by atoms with van der Waals surface area (Å²) in [5.74, 6) is -0.719. The van der Waals surface area contributed by atoms with Crippen molar-refractivity contribution < 1.29 is 42.8 Å². The first-order valence-corrected chi connectivity index (χ1v) is 22.9. The van der Waals surface area contributed by atoms with Gasteiger partial charge in [-0.15, -0.1) is 0 Å². The van der Waals surface area contributed by atoms with E-state index in [0.717, 1.165) is 55.7 Å². The molecule has 7 atom stereocenters. The van der Waals surface area contributed by atoms with Crippen LogP contribution in [0.1, 0.15) is 103 Å². The van der Waals surface area contributed by atoms with Crippen molar-refractivity contribution in [2.75, 3.05) is 79.8 Å². The maximum atomic E-state index is 16.4. The molecule has 9 rings (SSSR count). The third-order valence-corrected chi connectivity index (χ3v) is 14.9. The number of nitrogens with zero attached hydrogens (tertiary/aromatic N) is 3. The summed E-state index contributed by atoms with van der Waals surface area (Å²) >= 11 is 0. The average Bonchev–Trinajstić information content (AvgIpc) is 3.38. The number of hydrogen-bond acceptors (Lipinski definition) is 12. The van der Waals surface area contributed by atoms with Gasteiger partial charge in [-0.2, -0.15) is 0 Å². The Morgan fingerprint density at radius 2 is 1.63 bits per heavy atom. The van der Waals surface area contributed by atoms with Crippen LogP contribution in [0.4, 0.5) is 0 Å². The number of ketones is 2. The number of Topliss-reactive ketones (excluding diaryl/α,β-unsaturated/α-hetero) is 2. The van der Waals surface area contributed by atoms with E-state index in [1.807, 2.05) is 13.8 Å². The molecule has 12 heteroatoms. The number of rotatable bonds is 13. The second-order valence-corrected chi connectivity index (χ2v) is 20.1. The van der Waals surface area contributed by atoms with Gasteiger partial charge >= 0.3 is 5.97 Å². The quantitative estimate of drug-likeness (QED) is 0.120. The fraction of sp³-hybridized carbons (Fsp3) is 0.660. The number of benzene rings is 1. The van der Waals surface area contributed by atoms with Crippen LogP contribution < -0.4 is 14.2 Å². The highest BCUT2D eigenvalue weighted by atomic mass is 16.6. The van der Waals surface area contributed by atoms with E-state index in [2.05, 4.69) is 80.7 Å². The van der Waals surface area contributed by atoms with Gasteiger partial charge in [-0.1, -0.05) is 29.4 Å². The summed E-state index contributed by atoms with van der Waals surface area (Å²) in [4.78, 5) is 51.9. The van der Waals surface area contributed by atoms with Crippen molar-refractivity contribution in [1.82, 2.24) is 14.7 Å². The standard InChI is InChI=1S/C50H69N3O9/c1-31(2)12-11-17-48(8)18-16-35-42(60-48)34(14-13-32(3)4)44-38(43(35)59-29-24-52-22-20-51(9)21-23-52)41(54)39-40(53-25-27-58-28-26-53)36-30-37-47(6,7)62-49(45(36)55,50(37,39)61-44)19-15-33(5)46(56)57-10/h12-13,15-16,18,36-37,39-40H,11,14,17,19-30H2,1-10H3. The minimum atomic E-state index is -1.56. The van der Waals surface area contributed by atoms with Gasteiger partial charge in [-0.3, -0.25) is 19.4 Å². The number of esters is 1. The SMILES string of the molecule is COC(=O)C(C)=CCC12OC(C)(C)C3CC(C1=O)C(N1CCOCC1)C1C(=O)c4c(OCCN5CCN(C)CC5)c5c(c(CC=C(C)C)c4OC132)OC(C)(CCC=C(C)C)C=C5. The Morgan fingerprint density at radius 1 is 0.919 bits per heavy atom. The van der Waals surface area contributed by atoms with Crippen LogP contribution in [-0.2, 0) is 30.2 Å². The van der Waals surface area contributed by atoms with Crippen molar-refractivity contribution >= 4 is 23.6 Å². The molecule has 12 nitrogen and oxygen atoms in total. The second kappa shape index (κ2) is 17.0. The molecule has 5 aliphatic heterocycles. The van der Waals surface area contributed by atoms with Crippen molar-refractivity contribution in [3.63, 3.8) is 0 Å². The van der Waals surface area contributed by atoms with Crippen molar-refractivity contribution in [3.8, 4) is 17.2 Å². The Balaban J connectivity index is 1.36. The van der Waals surface area contributed by atoms with Gasteiger partial charge in [0.15, 0.2) is 22.8 Å². The lowest BCUT2D eigenvalue weighted by atomic mass is 9.44. The Morgan fingerprint density at radius 3 is 2.31 bits per heavy atom. The number of fused-ring (bicyclic) bond motifs is 2. The number of hydrogen-bond donors (Lipinski definition) is 0. The molecule has 1 aromatic rings. The van der Waals surface area contributed by atoms with E-state index < -0.39 is 46.3 Å². The van der Waals surface area contributed by atoms with E-state index in [4.69, 9.17) is 28.4 Å². The highest BCUT2D eigenvalue weighted by Gasteiger charge is 2.86. The molecule has 0 amide bonds. The maximum absolute atomic E-state index is 16.4. The molecular formula is C50H69N3O9. The number of methoxy groups -OCH3 is 1. The fourth-order valence-electron chi connectivity index (χ4n) is 11.7. The van der Waals surface area contributed by atoms with E-state index in [-0.39, 0.29) is 23.9 Å². The zero-order valence-electron chi connectivity index (χ0n) is 38.8. The van der Waals surface area contributed by atoms with Crippen LogP contribution in [0.15, 0.2) is 41.0 Å². The van der Waals surface area contributed by atoms with E-state index in [9.17, 15) is 4.79 Å². The number of allylic oxidation sites excluding steroid dienone is 4. The van der Waals surface area contributed by atoms with Gasteiger partial charge in [0.1, 0.15) is 35.0 Å². The van der Waals surface area contributed by atoms with Crippen LogP contribution in [-0.4, -0.2) is 140 Å². The summed E-state index contributed by atoms with van der Waals surface area (Å²) in [6.45, 7) is 23.3. The predicted octanol–water partition coefficient (Wildman–Crippen LogP) is 6.64. The van der Waals surface area contributed by atoms with Gasteiger partial charge in [0.25, 0.3) is 0 Å². The first-order valence-electron chi connectivity index (χ1n) is 22.9. The molecule has 3 saturated heterocycles. The Labute approximate surface area is 368 Å². The average molecular weight is 856 g/mol. The number of likely N-dealkylation sites (N-methyl/N-ethyl adjacent to an activating group) is 1. The van der Waals surface area contributed by atoms with Gasteiger partial charge in [-0.05, 0) is 100 Å². The van der Waals surface area contributed by atoms with Gasteiger partial charge in [0.05, 0.1) is 37.4 Å². The van der Waals surface area contributed by atoms with E-state index in [1.165, 1.54) is 12.7 Å². The second-order valence-electron chi connectivity index (χ2n) is 20.1. The number of morpholine rings is 1. The van der Waals surface area contributed by atoms with Crippen LogP contribution in [0.2, 0.25) is 0 Å². The molecule has 5 heterocycles. The molecule has 3 aliphatic carbocycles. The summed E-state index contributed by atoms with van der Waals surface area (Å²) in [5, 5.41) is 0. The highest BCUT2D eigenvalue weighted by Crippen LogP contribution is 2.71. The van der Waals surface area contributed by atoms with Gasteiger partial charge in [0.2, 0.25) is 0 Å². The third kappa shape index (κ3) is 7.49. The Hall–Kier alpha value is -3.81. The smallest absolute Gasteiger partial charge is 0.333 e. The van der Waals surface area contributed by atoms with Gasteiger partial charge < -0.3 is 33.3 Å². The lowest BCUT2D eigenvalue weighted by Crippen LogP contribution is -2.82. The molecule has 1 spiro atoms. The lowest BCUT2D eigenvalue weighted by Gasteiger charge is -2.64. The van der Waals surface area contributed by atoms with Crippen molar-refractivity contribution in [2.45, 2.75) is 116 Å². The summed E-state index contributed by atoms with van der Waals surface area (Å²) in [6, 6.07) is -0.444. The van der Waals surface area contributed by atoms with E-state index >= 15 is 9.59 Å². The Kier molecular flexibility index (Phi) is 12.2. The molecule has 6 fully saturated rings. The topological polar surface area (TPSA) is 116 Å². The number of ether oxygens (including phenoxy) is 6. The minimum Gasteiger partial charge on any atom is -0.491 e. The zero-order chi connectivity index (χ0) is 44.4. The number of piperazine rings is 1. The predicted molar refractivity (Wildman–Crippen MR) is 238 cm³/mol. The monoisotopic (exact) mass is 856 g/mol. The third-order valence-electron chi connectivity index (χ3n) is 14.9. The normalized spacial score (nSPS) is 32.6.